The lowest BCUT2D eigenvalue weighted by molar-refractivity contribution is -0.150. The van der Waals surface area contributed by atoms with Crippen molar-refractivity contribution in [2.75, 3.05) is 13.1 Å². The van der Waals surface area contributed by atoms with Crippen molar-refractivity contribution in [3.63, 3.8) is 0 Å². The van der Waals surface area contributed by atoms with Gasteiger partial charge in [-0.2, -0.15) is 26.3 Å². The van der Waals surface area contributed by atoms with Crippen LogP contribution < -0.4 is 0 Å². The zero-order chi connectivity index (χ0) is 20.8. The molecular weight excluding hydrogens is 404 g/mol. The van der Waals surface area contributed by atoms with Crippen LogP contribution in [-0.2, 0) is 31.8 Å². The first-order chi connectivity index (χ1) is 12.1. The Morgan fingerprint density at radius 1 is 1.07 bits per heavy atom. The van der Waals surface area contributed by atoms with E-state index in [2.05, 4.69) is 0 Å². The molecule has 1 aliphatic heterocycles. The molecule has 1 heterocycles. The molecular formula is C15H15F6NO4S. The van der Waals surface area contributed by atoms with Crippen LogP contribution in [-0.4, -0.2) is 33.0 Å². The van der Waals surface area contributed by atoms with Gasteiger partial charge >= 0.3 is 18.3 Å². The predicted octanol–water partition coefficient (Wildman–Crippen LogP) is 3.81. The average molecular weight is 419 g/mol. The van der Waals surface area contributed by atoms with Crippen molar-refractivity contribution in [1.82, 2.24) is 4.31 Å². The van der Waals surface area contributed by atoms with Gasteiger partial charge in [0.2, 0.25) is 0 Å². The second-order valence-corrected chi connectivity index (χ2v) is 8.45. The molecule has 0 spiro atoms. The second-order valence-electron chi connectivity index (χ2n) is 6.51. The van der Waals surface area contributed by atoms with Gasteiger partial charge in [-0.15, -0.1) is 4.31 Å². The maximum atomic E-state index is 12.9. The Kier molecular flexibility index (Phi) is 5.40. The molecule has 0 saturated carbocycles. The number of hydrogen-bond acceptors (Lipinski definition) is 3. The van der Waals surface area contributed by atoms with Crippen molar-refractivity contribution in [2.45, 2.75) is 37.0 Å². The number of carboxylic acids is 1. The van der Waals surface area contributed by atoms with Gasteiger partial charge in [0.25, 0.3) is 0 Å². The minimum atomic E-state index is -5.17. The molecule has 152 valence electrons. The van der Waals surface area contributed by atoms with E-state index in [-0.39, 0.29) is 44.1 Å². The molecule has 1 N–H and O–H groups in total. The lowest BCUT2D eigenvalue weighted by Gasteiger charge is -2.37. The molecule has 0 amide bonds. The van der Waals surface area contributed by atoms with Gasteiger partial charge in [0.15, 0.2) is 15.3 Å². The van der Waals surface area contributed by atoms with Crippen LogP contribution in [0.25, 0.3) is 0 Å². The van der Waals surface area contributed by atoms with Crippen molar-refractivity contribution < 1.29 is 45.0 Å². The Bertz CT molecular complexity index is 751. The molecule has 27 heavy (non-hydrogen) atoms. The first-order valence-electron chi connectivity index (χ1n) is 7.60. The summed E-state index contributed by atoms with van der Waals surface area (Å²) in [5.41, 5.74) is -4.68. The zero-order valence-electron chi connectivity index (χ0n) is 13.9. The van der Waals surface area contributed by atoms with Crippen LogP contribution in [0.2, 0.25) is 0 Å². The first kappa shape index (κ1) is 21.6. The van der Waals surface area contributed by atoms with Crippen LogP contribution in [0.3, 0.4) is 0 Å². The summed E-state index contributed by atoms with van der Waals surface area (Å²) in [5.74, 6) is -1.15. The molecule has 1 unspecified atom stereocenters. The molecule has 1 atom stereocenters. The fraction of sp³-hybridized carbons (Fsp3) is 0.533. The monoisotopic (exact) mass is 419 g/mol. The van der Waals surface area contributed by atoms with E-state index in [1.165, 1.54) is 6.92 Å². The third-order valence-electron chi connectivity index (χ3n) is 4.54. The van der Waals surface area contributed by atoms with Crippen LogP contribution in [0.4, 0.5) is 26.3 Å². The van der Waals surface area contributed by atoms with Crippen LogP contribution >= 0.6 is 0 Å². The lowest BCUT2D eigenvalue weighted by atomic mass is 9.81. The molecule has 0 radical (unpaired) electrons. The van der Waals surface area contributed by atoms with Gasteiger partial charge in [0.05, 0.1) is 16.5 Å². The summed E-state index contributed by atoms with van der Waals surface area (Å²) in [6.07, 6.45) is -10.6. The highest BCUT2D eigenvalue weighted by atomic mass is 32.3. The summed E-state index contributed by atoms with van der Waals surface area (Å²) in [4.78, 5) is 10.1. The van der Waals surface area contributed by atoms with Crippen LogP contribution in [0, 0.1) is 5.41 Å². The summed E-state index contributed by atoms with van der Waals surface area (Å²) < 4.78 is 103. The first-order valence-corrected chi connectivity index (χ1v) is 9.04. The van der Waals surface area contributed by atoms with Crippen LogP contribution in [0.1, 0.15) is 30.9 Å². The summed E-state index contributed by atoms with van der Waals surface area (Å²) in [5, 5.41) is 9.14. The van der Waals surface area contributed by atoms with Gasteiger partial charge in [-0.25, -0.2) is 0 Å². The zero-order valence-corrected chi connectivity index (χ0v) is 14.7. The number of benzene rings is 1. The number of carboxylic acid groups (broad SMARTS) is 1. The van der Waals surface area contributed by atoms with E-state index >= 15 is 0 Å². The summed E-state index contributed by atoms with van der Waals surface area (Å²) >= 11 is 0. The van der Waals surface area contributed by atoms with E-state index in [0.29, 0.717) is 4.31 Å². The predicted molar refractivity (Wildman–Crippen MR) is 80.1 cm³/mol. The quantitative estimate of drug-likeness (QED) is 0.597. The molecule has 12 heteroatoms. The fourth-order valence-electron chi connectivity index (χ4n) is 2.66. The van der Waals surface area contributed by atoms with Crippen molar-refractivity contribution in [1.29, 1.82) is 0 Å². The maximum Gasteiger partial charge on any atom is 0.416 e. The van der Waals surface area contributed by atoms with Gasteiger partial charge in [0.1, 0.15) is 0 Å². The number of hydrogen-bond donors (Lipinski definition) is 1. The number of halogens is 6. The SMILES string of the molecule is CC1(C(=O)O)CCN([S+](=O)([O-])c2cc(C(F)(F)F)cc(C(F)(F)F)c2)CC1. The molecule has 1 aromatic carbocycles. The van der Waals surface area contributed by atoms with Gasteiger partial charge in [0, 0.05) is 25.2 Å². The smallest absolute Gasteiger partial charge is 0.416 e. The van der Waals surface area contributed by atoms with Crippen molar-refractivity contribution in [2.24, 2.45) is 5.41 Å². The largest absolute Gasteiger partial charge is 0.593 e. The number of sulfonamides is 1. The van der Waals surface area contributed by atoms with E-state index in [1.54, 1.807) is 0 Å². The topological polar surface area (TPSA) is 80.7 Å². The van der Waals surface area contributed by atoms with Gasteiger partial charge in [-0.3, -0.25) is 4.79 Å². The number of piperidine rings is 1. The molecule has 0 aromatic heterocycles. The molecule has 1 aromatic rings. The minimum Gasteiger partial charge on any atom is -0.593 e. The Balaban J connectivity index is 2.44. The van der Waals surface area contributed by atoms with E-state index in [1.807, 2.05) is 0 Å². The fourth-order valence-corrected chi connectivity index (χ4v) is 4.17. The molecule has 1 saturated heterocycles. The highest BCUT2D eigenvalue weighted by molar-refractivity contribution is 7.95. The summed E-state index contributed by atoms with van der Waals surface area (Å²) in [7, 11) is -4.66. The van der Waals surface area contributed by atoms with E-state index < -0.39 is 50.2 Å². The summed E-state index contributed by atoms with van der Waals surface area (Å²) in [6.45, 7) is 0.733. The third kappa shape index (κ3) is 4.43. The van der Waals surface area contributed by atoms with Crippen LogP contribution in [0.15, 0.2) is 23.1 Å². The molecule has 0 bridgehead atoms. The second kappa shape index (κ2) is 6.74. The van der Waals surface area contributed by atoms with Crippen molar-refractivity contribution in [3.8, 4) is 0 Å². The molecule has 1 aliphatic rings. The number of carbonyl (C=O) groups is 1. The Morgan fingerprint density at radius 3 is 1.81 bits per heavy atom. The summed E-state index contributed by atoms with van der Waals surface area (Å²) in [6, 6.07) is 0.141. The Hall–Kier alpha value is -1.66. The normalized spacial score (nSPS) is 20.9. The lowest BCUT2D eigenvalue weighted by Crippen LogP contribution is -2.47. The van der Waals surface area contributed by atoms with Crippen LogP contribution in [0.5, 0.6) is 0 Å². The van der Waals surface area contributed by atoms with E-state index in [4.69, 9.17) is 5.11 Å². The molecule has 1 fully saturated rings. The number of nitrogens with zero attached hydrogens (tertiary/aromatic N) is 1. The number of aliphatic carboxylic acids is 1. The maximum absolute atomic E-state index is 12.9. The Labute approximate surface area is 151 Å². The van der Waals surface area contributed by atoms with Crippen molar-refractivity contribution in [3.05, 3.63) is 29.3 Å². The molecule has 0 aliphatic carbocycles. The minimum absolute atomic E-state index is 0.118. The van der Waals surface area contributed by atoms with Gasteiger partial charge in [-0.1, -0.05) is 4.21 Å². The third-order valence-corrected chi connectivity index (χ3v) is 6.42. The van der Waals surface area contributed by atoms with E-state index in [9.17, 15) is 39.9 Å². The number of rotatable bonds is 3. The highest BCUT2D eigenvalue weighted by Gasteiger charge is 2.45. The van der Waals surface area contributed by atoms with Gasteiger partial charge in [-0.05, 0) is 25.8 Å². The Morgan fingerprint density at radius 2 is 1.48 bits per heavy atom. The van der Waals surface area contributed by atoms with Gasteiger partial charge < -0.3 is 9.66 Å². The van der Waals surface area contributed by atoms with Crippen molar-refractivity contribution >= 4 is 16.4 Å². The number of alkyl halides is 6. The average Bonchev–Trinajstić information content (AvgIpc) is 2.53. The van der Waals surface area contributed by atoms with E-state index in [0.717, 1.165) is 0 Å². The molecule has 5 nitrogen and oxygen atoms in total. The standard InChI is InChI=1S/C15H15F6NO4S/c1-13(12(23)24)2-4-22(5-3-13)27(25,26)11-7-9(14(16,17)18)6-10(8-11)15(19,20)21/h6-8H,2-5H2,1H3,(H-,23,24,25,26). The molecule has 2 rings (SSSR count). The highest BCUT2D eigenvalue weighted by Crippen LogP contribution is 2.40.